The minimum Gasteiger partial charge on any atom is -0.387 e. The lowest BCUT2D eigenvalue weighted by Crippen LogP contribution is -2.48. The Hall–Kier alpha value is -2.57. The van der Waals surface area contributed by atoms with Crippen molar-refractivity contribution < 1.29 is 14.4 Å². The van der Waals surface area contributed by atoms with Crippen LogP contribution in [0, 0.1) is 0 Å². The second-order valence-electron chi connectivity index (χ2n) is 3.91. The second-order valence-corrected chi connectivity index (χ2v) is 3.91. The highest BCUT2D eigenvalue weighted by Gasteiger charge is 2.27. The van der Waals surface area contributed by atoms with Gasteiger partial charge in [0.25, 0.3) is 5.91 Å². The zero-order valence-corrected chi connectivity index (χ0v) is 10.3. The molecule has 0 saturated carbocycles. The van der Waals surface area contributed by atoms with Gasteiger partial charge in [-0.3, -0.25) is 10.2 Å². The SMILES string of the molecule is CNC(=O)NNC(=O)C1=NOC(c2ccccc2)C1. The van der Waals surface area contributed by atoms with Crippen LogP contribution in [0.3, 0.4) is 0 Å². The summed E-state index contributed by atoms with van der Waals surface area (Å²) in [6, 6.07) is 8.99. The van der Waals surface area contributed by atoms with Gasteiger partial charge in [-0.1, -0.05) is 35.5 Å². The van der Waals surface area contributed by atoms with Crippen LogP contribution in [0.2, 0.25) is 0 Å². The van der Waals surface area contributed by atoms with Crippen LogP contribution in [-0.2, 0) is 9.63 Å². The number of urea groups is 1. The van der Waals surface area contributed by atoms with Crippen molar-refractivity contribution in [3.63, 3.8) is 0 Å². The topological polar surface area (TPSA) is 91.8 Å². The Bertz CT molecular complexity index is 501. The number of rotatable bonds is 2. The number of amides is 3. The highest BCUT2D eigenvalue weighted by molar-refractivity contribution is 6.39. The number of hydrazine groups is 1. The molecule has 1 heterocycles. The number of carbonyl (C=O) groups excluding carboxylic acids is 2. The summed E-state index contributed by atoms with van der Waals surface area (Å²) in [4.78, 5) is 27.8. The number of hydrogen-bond donors (Lipinski definition) is 3. The number of oxime groups is 1. The fourth-order valence-corrected chi connectivity index (χ4v) is 1.61. The molecule has 1 aliphatic rings. The molecule has 3 amide bonds. The van der Waals surface area contributed by atoms with Gasteiger partial charge in [-0.05, 0) is 5.56 Å². The molecule has 0 saturated heterocycles. The molecule has 3 N–H and O–H groups in total. The molecule has 1 aromatic rings. The van der Waals surface area contributed by atoms with Gasteiger partial charge in [0.1, 0.15) is 0 Å². The highest BCUT2D eigenvalue weighted by Crippen LogP contribution is 2.26. The average Bonchev–Trinajstić information content (AvgIpc) is 2.95. The minimum absolute atomic E-state index is 0.241. The zero-order chi connectivity index (χ0) is 13.7. The summed E-state index contributed by atoms with van der Waals surface area (Å²) < 4.78 is 0. The quantitative estimate of drug-likeness (QED) is 0.676. The lowest BCUT2D eigenvalue weighted by Gasteiger charge is -2.07. The van der Waals surface area contributed by atoms with Gasteiger partial charge < -0.3 is 10.2 Å². The summed E-state index contributed by atoms with van der Waals surface area (Å²) >= 11 is 0. The van der Waals surface area contributed by atoms with E-state index < -0.39 is 11.9 Å². The first-order valence-electron chi connectivity index (χ1n) is 5.76. The van der Waals surface area contributed by atoms with E-state index in [0.717, 1.165) is 5.56 Å². The third kappa shape index (κ3) is 3.21. The van der Waals surface area contributed by atoms with Crippen LogP contribution in [0.15, 0.2) is 35.5 Å². The fraction of sp³-hybridized carbons (Fsp3) is 0.250. The highest BCUT2D eigenvalue weighted by atomic mass is 16.6. The molecule has 0 fully saturated rings. The maximum atomic E-state index is 11.7. The fourth-order valence-electron chi connectivity index (χ4n) is 1.61. The van der Waals surface area contributed by atoms with E-state index in [1.165, 1.54) is 7.05 Å². The van der Waals surface area contributed by atoms with Crippen LogP contribution in [0.1, 0.15) is 18.1 Å². The minimum atomic E-state index is -0.507. The molecule has 100 valence electrons. The van der Waals surface area contributed by atoms with E-state index in [9.17, 15) is 9.59 Å². The van der Waals surface area contributed by atoms with Gasteiger partial charge in [-0.2, -0.15) is 0 Å². The summed E-state index contributed by atoms with van der Waals surface area (Å²) in [6.45, 7) is 0. The normalized spacial score (nSPS) is 17.1. The van der Waals surface area contributed by atoms with Crippen molar-refractivity contribution in [1.29, 1.82) is 0 Å². The first-order valence-corrected chi connectivity index (χ1v) is 5.76. The van der Waals surface area contributed by atoms with E-state index in [4.69, 9.17) is 4.84 Å². The third-order valence-corrected chi connectivity index (χ3v) is 2.62. The maximum absolute atomic E-state index is 11.7. The Morgan fingerprint density at radius 3 is 2.68 bits per heavy atom. The molecule has 1 aromatic carbocycles. The van der Waals surface area contributed by atoms with Crippen molar-refractivity contribution in [2.75, 3.05) is 7.05 Å². The van der Waals surface area contributed by atoms with Crippen LogP contribution < -0.4 is 16.2 Å². The lowest BCUT2D eigenvalue weighted by atomic mass is 10.0. The van der Waals surface area contributed by atoms with Gasteiger partial charge in [-0.25, -0.2) is 10.2 Å². The zero-order valence-electron chi connectivity index (χ0n) is 10.3. The van der Waals surface area contributed by atoms with Gasteiger partial charge in [0, 0.05) is 13.5 Å². The number of nitrogens with zero attached hydrogens (tertiary/aromatic N) is 1. The summed E-state index contributed by atoms with van der Waals surface area (Å²) in [5.41, 5.74) is 5.61. The number of nitrogens with one attached hydrogen (secondary N) is 3. The van der Waals surface area contributed by atoms with Crippen LogP contribution >= 0.6 is 0 Å². The molecular weight excluding hydrogens is 248 g/mol. The number of hydrogen-bond acceptors (Lipinski definition) is 4. The van der Waals surface area contributed by atoms with Gasteiger partial charge in [0.15, 0.2) is 11.8 Å². The molecule has 19 heavy (non-hydrogen) atoms. The summed E-state index contributed by atoms with van der Waals surface area (Å²) in [6.07, 6.45) is 0.104. The van der Waals surface area contributed by atoms with E-state index in [0.29, 0.717) is 6.42 Å². The van der Waals surface area contributed by atoms with Crippen molar-refractivity contribution in [1.82, 2.24) is 16.2 Å². The predicted octanol–water partition coefficient (Wildman–Crippen LogP) is 0.464. The molecule has 2 rings (SSSR count). The number of benzene rings is 1. The molecule has 7 nitrogen and oxygen atoms in total. The average molecular weight is 262 g/mol. The van der Waals surface area contributed by atoms with Gasteiger partial charge in [0.2, 0.25) is 0 Å². The van der Waals surface area contributed by atoms with Gasteiger partial charge in [-0.15, -0.1) is 0 Å². The van der Waals surface area contributed by atoms with Crippen molar-refractivity contribution in [2.24, 2.45) is 5.16 Å². The third-order valence-electron chi connectivity index (χ3n) is 2.62. The summed E-state index contributed by atoms with van der Waals surface area (Å²) in [7, 11) is 1.45. The standard InChI is InChI=1S/C12H14N4O3/c1-13-12(18)15-14-11(17)9-7-10(19-16-9)8-5-3-2-4-6-8/h2-6,10H,7H2,1H3,(H,14,17)(H2,13,15,18). The largest absolute Gasteiger partial charge is 0.387 e. The van der Waals surface area contributed by atoms with Crippen molar-refractivity contribution in [3.8, 4) is 0 Å². The Labute approximate surface area is 110 Å². The summed E-state index contributed by atoms with van der Waals surface area (Å²) in [5, 5.41) is 6.04. The van der Waals surface area contributed by atoms with Crippen LogP contribution in [-0.4, -0.2) is 24.7 Å². The summed E-state index contributed by atoms with van der Waals surface area (Å²) in [5.74, 6) is -0.484. The Morgan fingerprint density at radius 2 is 2.00 bits per heavy atom. The lowest BCUT2D eigenvalue weighted by molar-refractivity contribution is -0.115. The molecule has 0 aromatic heterocycles. The first kappa shape index (κ1) is 12.9. The van der Waals surface area contributed by atoms with Crippen LogP contribution in [0.5, 0.6) is 0 Å². The molecule has 7 heteroatoms. The van der Waals surface area contributed by atoms with Crippen molar-refractivity contribution >= 4 is 17.6 Å². The monoisotopic (exact) mass is 262 g/mol. The Morgan fingerprint density at radius 1 is 1.26 bits per heavy atom. The molecule has 1 atom stereocenters. The first-order chi connectivity index (χ1) is 9.20. The maximum Gasteiger partial charge on any atom is 0.333 e. The van der Waals surface area contributed by atoms with Gasteiger partial charge in [0.05, 0.1) is 0 Å². The van der Waals surface area contributed by atoms with Crippen molar-refractivity contribution in [3.05, 3.63) is 35.9 Å². The molecule has 0 spiro atoms. The van der Waals surface area contributed by atoms with E-state index in [1.807, 2.05) is 30.3 Å². The Balaban J connectivity index is 1.87. The van der Waals surface area contributed by atoms with E-state index in [2.05, 4.69) is 21.3 Å². The van der Waals surface area contributed by atoms with Crippen LogP contribution in [0.4, 0.5) is 4.79 Å². The molecule has 0 radical (unpaired) electrons. The molecular formula is C12H14N4O3. The molecule has 1 unspecified atom stereocenters. The smallest absolute Gasteiger partial charge is 0.333 e. The molecule has 1 aliphatic heterocycles. The van der Waals surface area contributed by atoms with Crippen LogP contribution in [0.25, 0.3) is 0 Å². The second kappa shape index (κ2) is 5.85. The van der Waals surface area contributed by atoms with E-state index in [1.54, 1.807) is 0 Å². The van der Waals surface area contributed by atoms with E-state index in [-0.39, 0.29) is 11.8 Å². The predicted molar refractivity (Wildman–Crippen MR) is 68.1 cm³/mol. The van der Waals surface area contributed by atoms with E-state index >= 15 is 0 Å². The van der Waals surface area contributed by atoms with Crippen molar-refractivity contribution in [2.45, 2.75) is 12.5 Å². The molecule has 0 bridgehead atoms. The molecule has 0 aliphatic carbocycles. The number of carbonyl (C=O) groups is 2. The van der Waals surface area contributed by atoms with Gasteiger partial charge >= 0.3 is 6.03 Å². The Kier molecular flexibility index (Phi) is 3.97.